The van der Waals surface area contributed by atoms with E-state index in [4.69, 9.17) is 15.2 Å². The number of benzene rings is 1. The van der Waals surface area contributed by atoms with Crippen LogP contribution in [0.1, 0.15) is 0 Å². The molecule has 0 spiro atoms. The third-order valence-corrected chi connectivity index (χ3v) is 1.95. The molecular weight excluding hydrogens is 206 g/mol. The maximum Gasteiger partial charge on any atom is 0.224 e. The molecule has 2 rings (SSSR count). The quantitative estimate of drug-likeness (QED) is 0.849. The van der Waals surface area contributed by atoms with Gasteiger partial charge in [-0.2, -0.15) is 0 Å². The minimum atomic E-state index is 0.361. The first-order chi connectivity index (χ1) is 7.79. The molecule has 1 aromatic carbocycles. The molecule has 0 fully saturated rings. The summed E-state index contributed by atoms with van der Waals surface area (Å²) in [6.07, 6.45) is 1.35. The summed E-state index contributed by atoms with van der Waals surface area (Å²) in [5.41, 5.74) is 5.52. The topological polar surface area (TPSA) is 70.3 Å². The molecule has 16 heavy (non-hydrogen) atoms. The summed E-state index contributed by atoms with van der Waals surface area (Å²) in [5.74, 6) is 1.97. The van der Waals surface area contributed by atoms with E-state index in [-0.39, 0.29) is 0 Å². The van der Waals surface area contributed by atoms with Gasteiger partial charge in [0.15, 0.2) is 11.5 Å². The molecule has 0 unspecified atom stereocenters. The second kappa shape index (κ2) is 4.48. The van der Waals surface area contributed by atoms with Crippen LogP contribution < -0.4 is 15.2 Å². The van der Waals surface area contributed by atoms with Crippen LogP contribution in [0.3, 0.4) is 0 Å². The number of nitrogen functional groups attached to an aromatic ring is 1. The van der Waals surface area contributed by atoms with Crippen molar-refractivity contribution in [2.75, 3.05) is 12.8 Å². The molecule has 0 saturated heterocycles. The lowest BCUT2D eigenvalue weighted by Crippen LogP contribution is -1.95. The van der Waals surface area contributed by atoms with Crippen molar-refractivity contribution in [2.45, 2.75) is 0 Å². The number of para-hydroxylation sites is 2. The third kappa shape index (κ3) is 2.20. The SMILES string of the molecule is COc1ccccc1Oc1cc(N)ncn1. The number of anilines is 1. The highest BCUT2D eigenvalue weighted by atomic mass is 16.5. The van der Waals surface area contributed by atoms with Crippen molar-refractivity contribution in [1.29, 1.82) is 0 Å². The van der Waals surface area contributed by atoms with E-state index in [0.717, 1.165) is 0 Å². The number of hydrogen-bond donors (Lipinski definition) is 1. The summed E-state index contributed by atoms with van der Waals surface area (Å²) in [6.45, 7) is 0. The first kappa shape index (κ1) is 10.2. The van der Waals surface area contributed by atoms with Crippen LogP contribution >= 0.6 is 0 Å². The number of nitrogens with two attached hydrogens (primary N) is 1. The molecular formula is C11H11N3O2. The van der Waals surface area contributed by atoms with E-state index in [2.05, 4.69) is 9.97 Å². The number of hydrogen-bond acceptors (Lipinski definition) is 5. The van der Waals surface area contributed by atoms with Gasteiger partial charge in [0.2, 0.25) is 5.88 Å². The van der Waals surface area contributed by atoms with E-state index in [9.17, 15) is 0 Å². The van der Waals surface area contributed by atoms with Crippen LogP contribution in [0, 0.1) is 0 Å². The van der Waals surface area contributed by atoms with Crippen LogP contribution in [0.4, 0.5) is 5.82 Å². The zero-order valence-corrected chi connectivity index (χ0v) is 8.75. The minimum absolute atomic E-state index is 0.361. The molecule has 1 heterocycles. The Balaban J connectivity index is 2.26. The van der Waals surface area contributed by atoms with Crippen molar-refractivity contribution in [2.24, 2.45) is 0 Å². The Morgan fingerprint density at radius 3 is 2.56 bits per heavy atom. The predicted octanol–water partition coefficient (Wildman–Crippen LogP) is 1.86. The molecule has 0 aliphatic heterocycles. The standard InChI is InChI=1S/C11H11N3O2/c1-15-8-4-2-3-5-9(8)16-11-6-10(12)13-7-14-11/h2-7H,1H3,(H2,12,13,14). The molecule has 0 saturated carbocycles. The highest BCUT2D eigenvalue weighted by molar-refractivity contribution is 5.42. The number of aromatic nitrogens is 2. The summed E-state index contributed by atoms with van der Waals surface area (Å²) in [6, 6.07) is 8.85. The monoisotopic (exact) mass is 217 g/mol. The lowest BCUT2D eigenvalue weighted by molar-refractivity contribution is 0.374. The van der Waals surface area contributed by atoms with Crippen molar-refractivity contribution in [3.63, 3.8) is 0 Å². The van der Waals surface area contributed by atoms with Gasteiger partial charge in [0.05, 0.1) is 7.11 Å². The maximum absolute atomic E-state index is 5.53. The van der Waals surface area contributed by atoms with Gasteiger partial charge in [0.25, 0.3) is 0 Å². The fourth-order valence-electron chi connectivity index (χ4n) is 1.23. The smallest absolute Gasteiger partial charge is 0.224 e. The molecule has 0 bridgehead atoms. The van der Waals surface area contributed by atoms with Gasteiger partial charge in [0, 0.05) is 6.07 Å². The molecule has 1 aromatic heterocycles. The second-order valence-electron chi connectivity index (χ2n) is 3.03. The lowest BCUT2D eigenvalue weighted by Gasteiger charge is -2.08. The Kier molecular flexibility index (Phi) is 2.86. The Bertz CT molecular complexity index is 488. The highest BCUT2D eigenvalue weighted by Crippen LogP contribution is 2.29. The van der Waals surface area contributed by atoms with Gasteiger partial charge in [-0.05, 0) is 12.1 Å². The highest BCUT2D eigenvalue weighted by Gasteiger charge is 2.05. The van der Waals surface area contributed by atoms with Crippen molar-refractivity contribution in [1.82, 2.24) is 9.97 Å². The fourth-order valence-corrected chi connectivity index (χ4v) is 1.23. The maximum atomic E-state index is 5.53. The van der Waals surface area contributed by atoms with Gasteiger partial charge in [-0.15, -0.1) is 0 Å². The van der Waals surface area contributed by atoms with Crippen molar-refractivity contribution >= 4 is 5.82 Å². The summed E-state index contributed by atoms with van der Waals surface area (Å²) in [7, 11) is 1.58. The molecule has 5 nitrogen and oxygen atoms in total. The lowest BCUT2D eigenvalue weighted by atomic mass is 10.3. The summed E-state index contributed by atoms with van der Waals surface area (Å²) in [5, 5.41) is 0. The van der Waals surface area contributed by atoms with Crippen molar-refractivity contribution in [3.8, 4) is 17.4 Å². The first-order valence-electron chi connectivity index (χ1n) is 4.68. The van der Waals surface area contributed by atoms with Crippen molar-refractivity contribution < 1.29 is 9.47 Å². The second-order valence-corrected chi connectivity index (χ2v) is 3.03. The Hall–Kier alpha value is -2.30. The average molecular weight is 217 g/mol. The molecule has 0 amide bonds. The van der Waals surface area contributed by atoms with Gasteiger partial charge in [0.1, 0.15) is 12.1 Å². The Morgan fingerprint density at radius 2 is 1.88 bits per heavy atom. The van der Waals surface area contributed by atoms with Gasteiger partial charge in [-0.1, -0.05) is 12.1 Å². The molecule has 0 radical (unpaired) electrons. The number of nitrogens with zero attached hydrogens (tertiary/aromatic N) is 2. The summed E-state index contributed by atoms with van der Waals surface area (Å²) >= 11 is 0. The van der Waals surface area contributed by atoms with Crippen molar-refractivity contribution in [3.05, 3.63) is 36.7 Å². The molecule has 2 N–H and O–H groups in total. The van der Waals surface area contributed by atoms with Crippen LogP contribution in [0.2, 0.25) is 0 Å². The van der Waals surface area contributed by atoms with Crippen LogP contribution in [-0.2, 0) is 0 Å². The predicted molar refractivity (Wildman–Crippen MR) is 59.5 cm³/mol. The van der Waals surface area contributed by atoms with E-state index in [1.807, 2.05) is 12.1 Å². The van der Waals surface area contributed by atoms with E-state index >= 15 is 0 Å². The molecule has 0 aliphatic carbocycles. The normalized spacial score (nSPS) is 9.81. The zero-order chi connectivity index (χ0) is 11.4. The summed E-state index contributed by atoms with van der Waals surface area (Å²) in [4.78, 5) is 7.72. The average Bonchev–Trinajstić information content (AvgIpc) is 2.30. The number of ether oxygens (including phenoxy) is 2. The first-order valence-corrected chi connectivity index (χ1v) is 4.68. The fraction of sp³-hybridized carbons (Fsp3) is 0.0909. The van der Waals surface area contributed by atoms with E-state index in [1.165, 1.54) is 6.33 Å². The molecule has 82 valence electrons. The van der Waals surface area contributed by atoms with Gasteiger partial charge in [-0.3, -0.25) is 0 Å². The molecule has 0 atom stereocenters. The summed E-state index contributed by atoms with van der Waals surface area (Å²) < 4.78 is 10.7. The zero-order valence-electron chi connectivity index (χ0n) is 8.75. The number of rotatable bonds is 3. The number of methoxy groups -OCH3 is 1. The van der Waals surface area contributed by atoms with Crippen LogP contribution in [0.25, 0.3) is 0 Å². The van der Waals surface area contributed by atoms with E-state index in [1.54, 1.807) is 25.3 Å². The van der Waals surface area contributed by atoms with Crippen LogP contribution in [0.5, 0.6) is 17.4 Å². The minimum Gasteiger partial charge on any atom is -0.493 e. The largest absolute Gasteiger partial charge is 0.493 e. The third-order valence-electron chi connectivity index (χ3n) is 1.95. The van der Waals surface area contributed by atoms with E-state index in [0.29, 0.717) is 23.2 Å². The molecule has 0 aliphatic rings. The molecule has 5 heteroatoms. The van der Waals surface area contributed by atoms with Gasteiger partial charge in [-0.25, -0.2) is 9.97 Å². The Morgan fingerprint density at radius 1 is 1.12 bits per heavy atom. The molecule has 2 aromatic rings. The van der Waals surface area contributed by atoms with Gasteiger partial charge >= 0.3 is 0 Å². The van der Waals surface area contributed by atoms with Crippen LogP contribution in [-0.4, -0.2) is 17.1 Å². The van der Waals surface area contributed by atoms with E-state index < -0.39 is 0 Å². The Labute approximate surface area is 92.9 Å². The van der Waals surface area contributed by atoms with Crippen LogP contribution in [0.15, 0.2) is 36.7 Å². The van der Waals surface area contributed by atoms with Gasteiger partial charge < -0.3 is 15.2 Å².